The Morgan fingerprint density at radius 3 is 2.62 bits per heavy atom. The second kappa shape index (κ2) is 8.61. The van der Waals surface area contributed by atoms with Gasteiger partial charge in [0.15, 0.2) is 0 Å². The second-order valence-electron chi connectivity index (χ2n) is 5.36. The van der Waals surface area contributed by atoms with E-state index in [9.17, 15) is 9.59 Å². The van der Waals surface area contributed by atoms with Crippen molar-refractivity contribution in [2.24, 2.45) is 0 Å². The van der Waals surface area contributed by atoms with Gasteiger partial charge < -0.3 is 9.47 Å². The molecule has 1 aliphatic carbocycles. The number of anilines is 1. The number of esters is 1. The third-order valence-electron chi connectivity index (χ3n) is 3.53. The Labute approximate surface area is 159 Å². The van der Waals surface area contributed by atoms with Gasteiger partial charge in [0.05, 0.1) is 12.2 Å². The van der Waals surface area contributed by atoms with Crippen LogP contribution in [-0.4, -0.2) is 22.6 Å². The number of hydrogen-bond acceptors (Lipinski definition) is 5. The van der Waals surface area contributed by atoms with E-state index >= 15 is 0 Å². The van der Waals surface area contributed by atoms with Gasteiger partial charge in [-0.1, -0.05) is 13.3 Å². The Bertz CT molecular complexity index is 613. The Kier molecular flexibility index (Phi) is 7.04. The van der Waals surface area contributed by atoms with E-state index in [2.05, 4.69) is 10.1 Å². The number of hydrogen-bond donors (Lipinski definition) is 1. The number of nitrogens with one attached hydrogen (secondary N) is 1. The van der Waals surface area contributed by atoms with Crippen LogP contribution in [0.25, 0.3) is 0 Å². The maximum atomic E-state index is 12.5. The van der Waals surface area contributed by atoms with Gasteiger partial charge in [0.1, 0.15) is 5.00 Å². The number of unbranched alkanes of at least 4 members (excludes halogenated alkanes) is 1. The first-order valence-electron chi connectivity index (χ1n) is 7.70. The molecule has 1 aromatic rings. The number of carbonyl (C=O) groups is 2. The summed E-state index contributed by atoms with van der Waals surface area (Å²) < 4.78 is 7.76. The highest BCUT2D eigenvalue weighted by molar-refractivity contribution is 7.17. The van der Waals surface area contributed by atoms with E-state index in [1.807, 2.05) is 6.92 Å². The molecule has 5 nitrogen and oxygen atoms in total. The third-order valence-corrected chi connectivity index (χ3v) is 4.97. The summed E-state index contributed by atoms with van der Waals surface area (Å²) in [5, 5.41) is 2.88. The molecule has 2 rings (SSSR count). The van der Waals surface area contributed by atoms with Crippen LogP contribution in [0.3, 0.4) is 0 Å². The van der Waals surface area contributed by atoms with E-state index < -0.39 is 16.0 Å². The number of rotatable bonds is 5. The van der Waals surface area contributed by atoms with Gasteiger partial charge in [0, 0.05) is 4.88 Å². The van der Waals surface area contributed by atoms with Crippen LogP contribution in [0.5, 0.6) is 0 Å². The standard InChI is InChI=1S/C15H18Cl3NO4S/c1-2-3-8-22-13(20)11-9-6-4-5-7-10(9)24-12(11)19-14(21)23-15(16,17)18/h2-8H2,1H3,(H,19,21). The van der Waals surface area contributed by atoms with Crippen LogP contribution >= 0.6 is 46.1 Å². The number of carbonyl (C=O) groups excluding carboxylic acids is 2. The van der Waals surface area contributed by atoms with E-state index in [4.69, 9.17) is 39.5 Å². The average Bonchev–Trinajstić information content (AvgIpc) is 2.82. The highest BCUT2D eigenvalue weighted by atomic mass is 35.6. The van der Waals surface area contributed by atoms with Crippen molar-refractivity contribution in [1.29, 1.82) is 0 Å². The van der Waals surface area contributed by atoms with E-state index in [0.29, 0.717) is 17.2 Å². The minimum Gasteiger partial charge on any atom is -0.462 e. The molecule has 0 saturated heterocycles. The van der Waals surface area contributed by atoms with E-state index in [-0.39, 0.29) is 0 Å². The van der Waals surface area contributed by atoms with Gasteiger partial charge in [-0.25, -0.2) is 9.59 Å². The number of ether oxygens (including phenoxy) is 2. The summed E-state index contributed by atoms with van der Waals surface area (Å²) in [6.07, 6.45) is 4.48. The summed E-state index contributed by atoms with van der Waals surface area (Å²) in [4.78, 5) is 25.4. The van der Waals surface area contributed by atoms with Crippen molar-refractivity contribution in [3.63, 3.8) is 0 Å². The summed E-state index contributed by atoms with van der Waals surface area (Å²) in [5.74, 6) is -0.438. The van der Waals surface area contributed by atoms with E-state index in [1.54, 1.807) is 0 Å². The minimum absolute atomic E-state index is 0.345. The van der Waals surface area contributed by atoms with Crippen LogP contribution in [0.2, 0.25) is 0 Å². The number of amides is 1. The number of thiophene rings is 1. The highest BCUT2D eigenvalue weighted by Gasteiger charge is 2.30. The molecule has 0 aliphatic heterocycles. The van der Waals surface area contributed by atoms with Crippen molar-refractivity contribution in [2.45, 2.75) is 49.4 Å². The molecule has 0 spiro atoms. The maximum absolute atomic E-state index is 12.5. The number of fused-ring (bicyclic) bond motifs is 1. The van der Waals surface area contributed by atoms with Crippen molar-refractivity contribution in [3.8, 4) is 0 Å². The van der Waals surface area contributed by atoms with Crippen molar-refractivity contribution >= 4 is 63.2 Å². The predicted octanol–water partition coefficient (Wildman–Crippen LogP) is 5.46. The molecule has 1 heterocycles. The molecule has 1 aromatic heterocycles. The van der Waals surface area contributed by atoms with Crippen LogP contribution in [-0.2, 0) is 22.3 Å². The lowest BCUT2D eigenvalue weighted by atomic mass is 9.95. The molecule has 9 heteroatoms. The molecule has 24 heavy (non-hydrogen) atoms. The summed E-state index contributed by atoms with van der Waals surface area (Å²) in [6, 6.07) is 0. The van der Waals surface area contributed by atoms with Crippen molar-refractivity contribution < 1.29 is 19.1 Å². The number of alkyl halides is 3. The fraction of sp³-hybridized carbons (Fsp3) is 0.600. The van der Waals surface area contributed by atoms with Gasteiger partial charge in [-0.2, -0.15) is 0 Å². The van der Waals surface area contributed by atoms with Crippen molar-refractivity contribution in [3.05, 3.63) is 16.0 Å². The monoisotopic (exact) mass is 413 g/mol. The fourth-order valence-electron chi connectivity index (χ4n) is 2.47. The first-order chi connectivity index (χ1) is 11.3. The Morgan fingerprint density at radius 1 is 1.25 bits per heavy atom. The first-order valence-corrected chi connectivity index (χ1v) is 9.65. The smallest absolute Gasteiger partial charge is 0.415 e. The summed E-state index contributed by atoms with van der Waals surface area (Å²) >= 11 is 17.7. The van der Waals surface area contributed by atoms with Crippen LogP contribution in [0.15, 0.2) is 0 Å². The first kappa shape index (κ1) is 19.6. The largest absolute Gasteiger partial charge is 0.462 e. The zero-order valence-corrected chi connectivity index (χ0v) is 16.2. The lowest BCUT2D eigenvalue weighted by Crippen LogP contribution is -2.22. The normalized spacial score (nSPS) is 14.0. The van der Waals surface area contributed by atoms with Gasteiger partial charge in [-0.3, -0.25) is 5.32 Å². The molecule has 0 unspecified atom stereocenters. The highest BCUT2D eigenvalue weighted by Crippen LogP contribution is 2.39. The molecule has 0 saturated carbocycles. The van der Waals surface area contributed by atoms with E-state index in [0.717, 1.165) is 49.0 Å². The van der Waals surface area contributed by atoms with Crippen LogP contribution in [0, 0.1) is 0 Å². The molecule has 1 N–H and O–H groups in total. The summed E-state index contributed by atoms with van der Waals surface area (Å²) in [5.41, 5.74) is 1.34. The molecular formula is C15H18Cl3NO4S. The molecule has 134 valence electrons. The number of aryl methyl sites for hydroxylation is 1. The molecular weight excluding hydrogens is 397 g/mol. The zero-order chi connectivity index (χ0) is 17.7. The van der Waals surface area contributed by atoms with Crippen molar-refractivity contribution in [2.75, 3.05) is 11.9 Å². The summed E-state index contributed by atoms with van der Waals surface area (Å²) in [6.45, 7) is 2.36. The van der Waals surface area contributed by atoms with Crippen LogP contribution in [0.4, 0.5) is 9.80 Å². The molecule has 0 bridgehead atoms. The Morgan fingerprint density at radius 2 is 1.96 bits per heavy atom. The molecule has 1 aliphatic rings. The van der Waals surface area contributed by atoms with Gasteiger partial charge in [-0.15, -0.1) is 11.3 Å². The lowest BCUT2D eigenvalue weighted by Gasteiger charge is -2.14. The Balaban J connectivity index is 2.21. The minimum atomic E-state index is -2.16. The zero-order valence-electron chi connectivity index (χ0n) is 13.1. The van der Waals surface area contributed by atoms with Crippen molar-refractivity contribution in [1.82, 2.24) is 0 Å². The van der Waals surface area contributed by atoms with Gasteiger partial charge in [-0.05, 0) is 72.5 Å². The maximum Gasteiger partial charge on any atom is 0.415 e. The average molecular weight is 415 g/mol. The van der Waals surface area contributed by atoms with Crippen LogP contribution < -0.4 is 5.32 Å². The van der Waals surface area contributed by atoms with E-state index in [1.165, 1.54) is 11.3 Å². The van der Waals surface area contributed by atoms with Crippen LogP contribution in [0.1, 0.15) is 53.4 Å². The molecule has 0 aromatic carbocycles. The summed E-state index contributed by atoms with van der Waals surface area (Å²) in [7, 11) is 0. The predicted molar refractivity (Wildman–Crippen MR) is 96.5 cm³/mol. The quantitative estimate of drug-likeness (QED) is 0.395. The molecule has 1 amide bonds. The van der Waals surface area contributed by atoms with Gasteiger partial charge in [0.25, 0.3) is 0 Å². The topological polar surface area (TPSA) is 64.6 Å². The number of halogens is 3. The molecule has 0 radical (unpaired) electrons. The van der Waals surface area contributed by atoms with Gasteiger partial charge in [0.2, 0.25) is 0 Å². The fourth-order valence-corrected chi connectivity index (χ4v) is 3.95. The van der Waals surface area contributed by atoms with Gasteiger partial charge >= 0.3 is 16.0 Å². The molecule has 0 atom stereocenters. The second-order valence-corrected chi connectivity index (χ2v) is 8.65. The lowest BCUT2D eigenvalue weighted by molar-refractivity contribution is 0.0500. The SMILES string of the molecule is CCCCOC(=O)c1c(NC(=O)OC(Cl)(Cl)Cl)sc2c1CCCC2. The third kappa shape index (κ3) is 5.41. The molecule has 0 fully saturated rings. The Hall–Kier alpha value is -0.690.